The van der Waals surface area contributed by atoms with E-state index in [2.05, 4.69) is 25.7 Å². The van der Waals surface area contributed by atoms with Crippen molar-refractivity contribution in [3.05, 3.63) is 42.2 Å². The molecular weight excluding hydrogens is 257 g/mol. The maximum atomic E-state index is 12.8. The van der Waals surface area contributed by atoms with Crippen LogP contribution in [0, 0.1) is 5.82 Å². The zero-order valence-electron chi connectivity index (χ0n) is 11.9. The summed E-state index contributed by atoms with van der Waals surface area (Å²) in [6.45, 7) is 9.44. The van der Waals surface area contributed by atoms with Crippen LogP contribution in [0.3, 0.4) is 0 Å². The van der Waals surface area contributed by atoms with Crippen molar-refractivity contribution in [2.45, 2.75) is 44.0 Å². The van der Waals surface area contributed by atoms with Crippen molar-refractivity contribution >= 4 is 11.8 Å². The molecule has 1 atom stereocenters. The van der Waals surface area contributed by atoms with Crippen molar-refractivity contribution in [1.82, 2.24) is 5.32 Å². The molecule has 0 radical (unpaired) electrons. The van der Waals surface area contributed by atoms with E-state index in [-0.39, 0.29) is 5.82 Å². The van der Waals surface area contributed by atoms with Gasteiger partial charge in [-0.3, -0.25) is 0 Å². The topological polar surface area (TPSA) is 12.0 Å². The molecule has 3 heteroatoms. The lowest BCUT2D eigenvalue weighted by molar-refractivity contribution is 0.544. The van der Waals surface area contributed by atoms with Crippen LogP contribution in [-0.4, -0.2) is 18.3 Å². The molecule has 19 heavy (non-hydrogen) atoms. The minimum atomic E-state index is -0.177. The number of benzene rings is 1. The van der Waals surface area contributed by atoms with Gasteiger partial charge in [0.2, 0.25) is 0 Å². The normalized spacial score (nSPS) is 12.4. The fourth-order valence-electron chi connectivity index (χ4n) is 1.76. The number of hydrogen-bond acceptors (Lipinski definition) is 2. The summed E-state index contributed by atoms with van der Waals surface area (Å²) in [5, 5.41) is 3.56. The molecule has 0 spiro atoms. The largest absolute Gasteiger partial charge is 0.313 e. The minimum Gasteiger partial charge on any atom is -0.313 e. The van der Waals surface area contributed by atoms with Gasteiger partial charge in [0.15, 0.2) is 0 Å². The number of thioether (sulfide) groups is 1. The Bertz CT molecular complexity index is 375. The summed E-state index contributed by atoms with van der Waals surface area (Å²) in [6, 6.07) is 7.16. The molecule has 0 saturated carbocycles. The van der Waals surface area contributed by atoms with E-state index < -0.39 is 0 Å². The molecule has 0 fully saturated rings. The van der Waals surface area contributed by atoms with Crippen LogP contribution in [0.2, 0.25) is 0 Å². The Morgan fingerprint density at radius 1 is 1.32 bits per heavy atom. The molecule has 0 amide bonds. The van der Waals surface area contributed by atoms with Crippen LogP contribution in [-0.2, 0) is 0 Å². The van der Waals surface area contributed by atoms with E-state index in [1.54, 1.807) is 11.8 Å². The van der Waals surface area contributed by atoms with Crippen LogP contribution in [0.25, 0.3) is 0 Å². The van der Waals surface area contributed by atoms with Crippen LogP contribution in [0.15, 0.2) is 41.3 Å². The van der Waals surface area contributed by atoms with Crippen LogP contribution in [0.5, 0.6) is 0 Å². The van der Waals surface area contributed by atoms with Crippen molar-refractivity contribution in [2.75, 3.05) is 12.3 Å². The van der Waals surface area contributed by atoms with Crippen molar-refractivity contribution in [1.29, 1.82) is 0 Å². The summed E-state index contributed by atoms with van der Waals surface area (Å²) in [5.74, 6) is 0.814. The first-order valence-electron chi connectivity index (χ1n) is 6.94. The molecule has 1 unspecified atom stereocenters. The third kappa shape index (κ3) is 6.79. The molecule has 0 aliphatic carbocycles. The van der Waals surface area contributed by atoms with E-state index in [4.69, 9.17) is 0 Å². The molecule has 1 nitrogen and oxygen atoms in total. The average Bonchev–Trinajstić information content (AvgIpc) is 2.43. The maximum absolute atomic E-state index is 12.8. The molecular formula is C16H24FNS. The zero-order valence-corrected chi connectivity index (χ0v) is 12.7. The SMILES string of the molecule is C=C(CC)CC(CSc1ccc(F)cc1)NCCC. The van der Waals surface area contributed by atoms with E-state index in [1.807, 2.05) is 12.1 Å². The molecule has 0 aromatic heterocycles. The molecule has 1 rings (SSSR count). The summed E-state index contributed by atoms with van der Waals surface area (Å²) in [4.78, 5) is 1.12. The van der Waals surface area contributed by atoms with E-state index in [1.165, 1.54) is 17.7 Å². The molecule has 1 aromatic carbocycles. The highest BCUT2D eigenvalue weighted by Gasteiger charge is 2.09. The maximum Gasteiger partial charge on any atom is 0.123 e. The van der Waals surface area contributed by atoms with Gasteiger partial charge in [-0.25, -0.2) is 4.39 Å². The number of rotatable bonds is 9. The highest BCUT2D eigenvalue weighted by molar-refractivity contribution is 7.99. The summed E-state index contributed by atoms with van der Waals surface area (Å²) in [6.07, 6.45) is 3.19. The molecule has 1 N–H and O–H groups in total. The van der Waals surface area contributed by atoms with E-state index in [0.717, 1.165) is 36.5 Å². The number of halogens is 1. The van der Waals surface area contributed by atoms with Crippen LogP contribution >= 0.6 is 11.8 Å². The van der Waals surface area contributed by atoms with Crippen molar-refractivity contribution in [3.8, 4) is 0 Å². The Balaban J connectivity index is 2.46. The van der Waals surface area contributed by atoms with Crippen LogP contribution in [0.4, 0.5) is 4.39 Å². The van der Waals surface area contributed by atoms with Gasteiger partial charge in [0.25, 0.3) is 0 Å². The quantitative estimate of drug-likeness (QED) is 0.522. The second kappa shape index (κ2) is 9.16. The van der Waals surface area contributed by atoms with Gasteiger partial charge in [-0.1, -0.05) is 26.0 Å². The summed E-state index contributed by atoms with van der Waals surface area (Å²) in [5.41, 5.74) is 1.29. The number of hydrogen-bond donors (Lipinski definition) is 1. The Morgan fingerprint density at radius 3 is 2.58 bits per heavy atom. The van der Waals surface area contributed by atoms with Crippen LogP contribution < -0.4 is 5.32 Å². The molecule has 0 heterocycles. The lowest BCUT2D eigenvalue weighted by Gasteiger charge is -2.19. The Morgan fingerprint density at radius 2 is 2.00 bits per heavy atom. The zero-order chi connectivity index (χ0) is 14.1. The summed E-state index contributed by atoms with van der Waals surface area (Å²) >= 11 is 1.77. The van der Waals surface area contributed by atoms with Gasteiger partial charge >= 0.3 is 0 Å². The second-order valence-corrected chi connectivity index (χ2v) is 5.82. The van der Waals surface area contributed by atoms with Gasteiger partial charge in [-0.05, 0) is 50.1 Å². The molecule has 0 saturated heterocycles. The average molecular weight is 281 g/mol. The van der Waals surface area contributed by atoms with Gasteiger partial charge in [0, 0.05) is 16.7 Å². The molecule has 1 aromatic rings. The van der Waals surface area contributed by atoms with E-state index in [9.17, 15) is 4.39 Å². The Hall–Kier alpha value is -0.800. The third-order valence-corrected chi connectivity index (χ3v) is 4.16. The third-order valence-electron chi connectivity index (χ3n) is 2.98. The van der Waals surface area contributed by atoms with Crippen molar-refractivity contribution < 1.29 is 4.39 Å². The highest BCUT2D eigenvalue weighted by Crippen LogP contribution is 2.21. The lowest BCUT2D eigenvalue weighted by Crippen LogP contribution is -2.32. The van der Waals surface area contributed by atoms with Gasteiger partial charge < -0.3 is 5.32 Å². The van der Waals surface area contributed by atoms with Gasteiger partial charge in [-0.2, -0.15) is 0 Å². The number of nitrogens with one attached hydrogen (secondary N) is 1. The van der Waals surface area contributed by atoms with Gasteiger partial charge in [0.05, 0.1) is 0 Å². The second-order valence-electron chi connectivity index (χ2n) is 4.72. The summed E-state index contributed by atoms with van der Waals surface area (Å²) < 4.78 is 12.8. The Labute approximate surface area is 120 Å². The first-order valence-corrected chi connectivity index (χ1v) is 7.92. The lowest BCUT2D eigenvalue weighted by atomic mass is 10.1. The molecule has 0 aliphatic rings. The smallest absolute Gasteiger partial charge is 0.123 e. The first kappa shape index (κ1) is 16.3. The monoisotopic (exact) mass is 281 g/mol. The van der Waals surface area contributed by atoms with E-state index >= 15 is 0 Å². The highest BCUT2D eigenvalue weighted by atomic mass is 32.2. The van der Waals surface area contributed by atoms with Crippen LogP contribution in [0.1, 0.15) is 33.1 Å². The van der Waals surface area contributed by atoms with Crippen molar-refractivity contribution in [2.24, 2.45) is 0 Å². The van der Waals surface area contributed by atoms with Gasteiger partial charge in [0.1, 0.15) is 5.82 Å². The molecule has 106 valence electrons. The minimum absolute atomic E-state index is 0.177. The fourth-order valence-corrected chi connectivity index (χ4v) is 2.72. The standard InChI is InChI=1S/C16H24FNS/c1-4-10-18-15(11-13(3)5-2)12-19-16-8-6-14(17)7-9-16/h6-9,15,18H,3-5,10-12H2,1-2H3. The van der Waals surface area contributed by atoms with Crippen molar-refractivity contribution in [3.63, 3.8) is 0 Å². The first-order chi connectivity index (χ1) is 9.15. The fraction of sp³-hybridized carbons (Fsp3) is 0.500. The molecule has 0 bridgehead atoms. The Kier molecular flexibility index (Phi) is 7.84. The summed E-state index contributed by atoms with van der Waals surface area (Å²) in [7, 11) is 0. The van der Waals surface area contributed by atoms with Gasteiger partial charge in [-0.15, -0.1) is 11.8 Å². The van der Waals surface area contributed by atoms with E-state index in [0.29, 0.717) is 6.04 Å². The predicted octanol–water partition coefficient (Wildman–Crippen LogP) is 4.64. The predicted molar refractivity (Wildman–Crippen MR) is 83.3 cm³/mol. The molecule has 0 aliphatic heterocycles.